The molecule has 96 valence electrons. The molecule has 2 N–H and O–H groups in total. The third-order valence-corrected chi connectivity index (χ3v) is 3.62. The molecule has 1 aromatic heterocycles. The predicted molar refractivity (Wildman–Crippen MR) is 79.4 cm³/mol. The number of fused-ring (bicyclic) bond motifs is 1. The van der Waals surface area contributed by atoms with Gasteiger partial charge in [-0.15, -0.1) is 0 Å². The van der Waals surface area contributed by atoms with Gasteiger partial charge in [-0.2, -0.15) is 0 Å². The second-order valence-corrected chi connectivity index (χ2v) is 5.06. The minimum atomic E-state index is 0.200. The van der Waals surface area contributed by atoms with E-state index < -0.39 is 0 Å². The first-order valence-electron chi connectivity index (χ1n) is 6.12. The van der Waals surface area contributed by atoms with Crippen LogP contribution in [0.25, 0.3) is 11.0 Å². The number of nitrogens with zero attached hydrogens (tertiary/aromatic N) is 2. The molecular weight excluding hydrogens is 258 g/mol. The molecule has 0 amide bonds. The van der Waals surface area contributed by atoms with E-state index in [1.165, 1.54) is 5.56 Å². The number of hydrogen-bond acceptors (Lipinski definition) is 2. The number of imidazole rings is 1. The fourth-order valence-electron chi connectivity index (χ4n) is 2.26. The lowest BCUT2D eigenvalue weighted by Crippen LogP contribution is -2.05. The molecule has 0 radical (unpaired) electrons. The van der Waals surface area contributed by atoms with Crippen molar-refractivity contribution in [3.8, 4) is 0 Å². The lowest BCUT2D eigenvalue weighted by atomic mass is 10.1. The SMILES string of the molecule is CC(c1ccc(Cl)cc1)n1cnc2cc(N)ccc21. The monoisotopic (exact) mass is 271 g/mol. The smallest absolute Gasteiger partial charge is 0.0964 e. The van der Waals surface area contributed by atoms with Crippen LogP contribution in [0, 0.1) is 0 Å². The zero-order chi connectivity index (χ0) is 13.4. The van der Waals surface area contributed by atoms with Gasteiger partial charge < -0.3 is 10.3 Å². The maximum atomic E-state index is 5.92. The Balaban J connectivity index is 2.06. The third-order valence-electron chi connectivity index (χ3n) is 3.37. The molecule has 4 heteroatoms. The first kappa shape index (κ1) is 12.1. The van der Waals surface area contributed by atoms with E-state index >= 15 is 0 Å². The molecule has 19 heavy (non-hydrogen) atoms. The average Bonchev–Trinajstić information content (AvgIpc) is 2.81. The van der Waals surface area contributed by atoms with Crippen LogP contribution in [0.15, 0.2) is 48.8 Å². The van der Waals surface area contributed by atoms with Gasteiger partial charge in [-0.05, 0) is 42.8 Å². The van der Waals surface area contributed by atoms with Crippen molar-refractivity contribution in [1.82, 2.24) is 9.55 Å². The van der Waals surface area contributed by atoms with E-state index in [1.54, 1.807) is 0 Å². The first-order valence-corrected chi connectivity index (χ1v) is 6.50. The standard InChI is InChI=1S/C15H14ClN3/c1-10(11-2-4-12(16)5-3-11)19-9-18-14-8-13(17)6-7-15(14)19/h2-10H,17H2,1H3. The topological polar surface area (TPSA) is 43.8 Å². The summed E-state index contributed by atoms with van der Waals surface area (Å²) in [5.41, 5.74) is 9.70. The summed E-state index contributed by atoms with van der Waals surface area (Å²) in [5, 5.41) is 0.749. The summed E-state index contributed by atoms with van der Waals surface area (Å²) < 4.78 is 2.14. The normalized spacial score (nSPS) is 12.7. The molecule has 0 saturated carbocycles. The summed E-state index contributed by atoms with van der Waals surface area (Å²) >= 11 is 5.92. The van der Waals surface area contributed by atoms with Crippen molar-refractivity contribution in [2.45, 2.75) is 13.0 Å². The molecule has 1 unspecified atom stereocenters. The Kier molecular flexibility index (Phi) is 2.91. The van der Waals surface area contributed by atoms with Crippen LogP contribution in [0.4, 0.5) is 5.69 Å². The van der Waals surface area contributed by atoms with Gasteiger partial charge in [0, 0.05) is 10.7 Å². The number of halogens is 1. The van der Waals surface area contributed by atoms with Crippen LogP contribution in [0.5, 0.6) is 0 Å². The van der Waals surface area contributed by atoms with Crippen LogP contribution in [0.3, 0.4) is 0 Å². The molecule has 2 aromatic carbocycles. The van der Waals surface area contributed by atoms with Gasteiger partial charge in [-0.3, -0.25) is 0 Å². The van der Waals surface area contributed by atoms with Gasteiger partial charge in [0.15, 0.2) is 0 Å². The van der Waals surface area contributed by atoms with E-state index in [0.29, 0.717) is 0 Å². The van der Waals surface area contributed by atoms with Crippen molar-refractivity contribution in [2.24, 2.45) is 0 Å². The van der Waals surface area contributed by atoms with Gasteiger partial charge in [0.2, 0.25) is 0 Å². The largest absolute Gasteiger partial charge is 0.399 e. The Morgan fingerprint density at radius 1 is 1.16 bits per heavy atom. The fraction of sp³-hybridized carbons (Fsp3) is 0.133. The molecule has 1 heterocycles. The molecule has 0 aliphatic rings. The first-order chi connectivity index (χ1) is 9.15. The molecule has 0 saturated heterocycles. The Labute approximate surface area is 116 Å². The summed E-state index contributed by atoms with van der Waals surface area (Å²) in [7, 11) is 0. The minimum absolute atomic E-state index is 0.200. The number of hydrogen-bond donors (Lipinski definition) is 1. The molecule has 3 aromatic rings. The Morgan fingerprint density at radius 2 is 1.89 bits per heavy atom. The van der Waals surface area contributed by atoms with Crippen molar-refractivity contribution < 1.29 is 0 Å². The maximum Gasteiger partial charge on any atom is 0.0964 e. The Hall–Kier alpha value is -2.00. The van der Waals surface area contributed by atoms with Crippen LogP contribution in [-0.4, -0.2) is 9.55 Å². The predicted octanol–water partition coefficient (Wildman–Crippen LogP) is 3.88. The van der Waals surface area contributed by atoms with E-state index in [0.717, 1.165) is 21.7 Å². The van der Waals surface area contributed by atoms with Crippen LogP contribution < -0.4 is 5.73 Å². The third kappa shape index (κ3) is 2.17. The maximum absolute atomic E-state index is 5.92. The fourth-order valence-corrected chi connectivity index (χ4v) is 2.39. The molecule has 0 spiro atoms. The van der Waals surface area contributed by atoms with Gasteiger partial charge in [-0.1, -0.05) is 23.7 Å². The second kappa shape index (κ2) is 4.59. The highest BCUT2D eigenvalue weighted by Crippen LogP contribution is 2.25. The molecule has 0 fully saturated rings. The zero-order valence-electron chi connectivity index (χ0n) is 10.5. The zero-order valence-corrected chi connectivity index (χ0v) is 11.3. The summed E-state index contributed by atoms with van der Waals surface area (Å²) in [6.07, 6.45) is 1.85. The summed E-state index contributed by atoms with van der Waals surface area (Å²) in [6.45, 7) is 2.14. The second-order valence-electron chi connectivity index (χ2n) is 4.63. The van der Waals surface area contributed by atoms with Crippen LogP contribution >= 0.6 is 11.6 Å². The van der Waals surface area contributed by atoms with E-state index in [4.69, 9.17) is 17.3 Å². The van der Waals surface area contributed by atoms with E-state index in [1.807, 2.05) is 48.8 Å². The number of anilines is 1. The van der Waals surface area contributed by atoms with Crippen molar-refractivity contribution in [3.63, 3.8) is 0 Å². The lowest BCUT2D eigenvalue weighted by Gasteiger charge is -2.15. The van der Waals surface area contributed by atoms with E-state index in [2.05, 4.69) is 16.5 Å². The number of nitrogen functional groups attached to an aromatic ring is 1. The lowest BCUT2D eigenvalue weighted by molar-refractivity contribution is 0.658. The highest BCUT2D eigenvalue weighted by Gasteiger charge is 2.11. The Morgan fingerprint density at radius 3 is 2.63 bits per heavy atom. The van der Waals surface area contributed by atoms with Gasteiger partial charge in [-0.25, -0.2) is 4.98 Å². The number of rotatable bonds is 2. The summed E-state index contributed by atoms with van der Waals surface area (Å²) in [5.74, 6) is 0. The van der Waals surface area contributed by atoms with Crippen molar-refractivity contribution >= 4 is 28.3 Å². The summed E-state index contributed by atoms with van der Waals surface area (Å²) in [6, 6.07) is 13.9. The van der Waals surface area contributed by atoms with Gasteiger partial charge in [0.1, 0.15) is 0 Å². The number of nitrogens with two attached hydrogens (primary N) is 1. The average molecular weight is 272 g/mol. The van der Waals surface area contributed by atoms with Crippen LogP contribution in [-0.2, 0) is 0 Å². The van der Waals surface area contributed by atoms with E-state index in [9.17, 15) is 0 Å². The van der Waals surface area contributed by atoms with Crippen molar-refractivity contribution in [1.29, 1.82) is 0 Å². The number of benzene rings is 2. The molecule has 3 nitrogen and oxygen atoms in total. The van der Waals surface area contributed by atoms with E-state index in [-0.39, 0.29) is 6.04 Å². The van der Waals surface area contributed by atoms with Gasteiger partial charge >= 0.3 is 0 Å². The number of aromatic nitrogens is 2. The van der Waals surface area contributed by atoms with Gasteiger partial charge in [0.25, 0.3) is 0 Å². The molecule has 3 rings (SSSR count). The minimum Gasteiger partial charge on any atom is -0.399 e. The van der Waals surface area contributed by atoms with Crippen molar-refractivity contribution in [3.05, 3.63) is 59.4 Å². The molecule has 1 atom stereocenters. The highest BCUT2D eigenvalue weighted by atomic mass is 35.5. The highest BCUT2D eigenvalue weighted by molar-refractivity contribution is 6.30. The van der Waals surface area contributed by atoms with Gasteiger partial charge in [0.05, 0.1) is 23.4 Å². The van der Waals surface area contributed by atoms with Crippen molar-refractivity contribution in [2.75, 3.05) is 5.73 Å². The summed E-state index contributed by atoms with van der Waals surface area (Å²) in [4.78, 5) is 4.40. The van der Waals surface area contributed by atoms with Crippen LogP contribution in [0.1, 0.15) is 18.5 Å². The Bertz CT molecular complexity index is 716. The molecular formula is C15H14ClN3. The quantitative estimate of drug-likeness (QED) is 0.719. The molecule has 0 aliphatic heterocycles. The van der Waals surface area contributed by atoms with Crippen LogP contribution in [0.2, 0.25) is 5.02 Å². The molecule has 0 aliphatic carbocycles. The molecule has 0 bridgehead atoms.